The van der Waals surface area contributed by atoms with Crippen LogP contribution in [-0.4, -0.2) is 0 Å². The molecular formula is C24H24BrN. The van der Waals surface area contributed by atoms with Crippen molar-refractivity contribution < 1.29 is 21.5 Å². The molecule has 0 amide bonds. The van der Waals surface area contributed by atoms with Gasteiger partial charge in [0.1, 0.15) is 6.54 Å². The molecule has 0 saturated heterocycles. The molecule has 0 aliphatic heterocycles. The number of rotatable bonds is 4. The van der Waals surface area contributed by atoms with Gasteiger partial charge in [-0.05, 0) is 43.2 Å². The number of aromatic nitrogens is 1. The van der Waals surface area contributed by atoms with Gasteiger partial charge in [-0.25, -0.2) is 4.57 Å². The molecule has 1 nitrogen and oxygen atoms in total. The van der Waals surface area contributed by atoms with E-state index in [0.717, 1.165) is 24.9 Å². The van der Waals surface area contributed by atoms with E-state index in [9.17, 15) is 0 Å². The zero-order chi connectivity index (χ0) is 17.5. The molecular weight excluding hydrogens is 382 g/mol. The van der Waals surface area contributed by atoms with E-state index in [4.69, 9.17) is 0 Å². The number of unbranched alkanes of at least 4 members (excludes halogenated alkanes) is 1. The molecule has 3 aromatic rings. The number of nitrogens with zero attached hydrogens (tertiary/aromatic N) is 1. The molecule has 1 aromatic heterocycles. The summed E-state index contributed by atoms with van der Waals surface area (Å²) >= 11 is 0. The molecule has 132 valence electrons. The van der Waals surface area contributed by atoms with Crippen LogP contribution in [0, 0.1) is 25.7 Å². The van der Waals surface area contributed by atoms with Gasteiger partial charge in [-0.2, -0.15) is 0 Å². The average Bonchev–Trinajstić information content (AvgIpc) is 2.62. The molecule has 26 heavy (non-hydrogen) atoms. The minimum absolute atomic E-state index is 0. The molecule has 2 heteroatoms. The first-order chi connectivity index (χ1) is 12.2. The lowest BCUT2D eigenvalue weighted by molar-refractivity contribution is -0.697. The molecule has 2 aromatic carbocycles. The molecule has 0 bridgehead atoms. The molecule has 0 N–H and O–H groups in total. The Morgan fingerprint density at radius 2 is 1.42 bits per heavy atom. The Hall–Kier alpha value is -2.37. The van der Waals surface area contributed by atoms with Crippen molar-refractivity contribution in [3.05, 3.63) is 89.7 Å². The van der Waals surface area contributed by atoms with Crippen LogP contribution in [0.5, 0.6) is 0 Å². The lowest BCUT2D eigenvalue weighted by atomic mass is 10.0. The minimum Gasteiger partial charge on any atom is -1.00 e. The first-order valence-electron chi connectivity index (χ1n) is 8.82. The van der Waals surface area contributed by atoms with Crippen molar-refractivity contribution in [3.63, 3.8) is 0 Å². The van der Waals surface area contributed by atoms with Crippen molar-refractivity contribution in [2.24, 2.45) is 0 Å². The second kappa shape index (κ2) is 9.94. The van der Waals surface area contributed by atoms with Crippen LogP contribution in [-0.2, 0) is 6.54 Å². The second-order valence-electron chi connectivity index (χ2n) is 6.48. The van der Waals surface area contributed by atoms with Crippen LogP contribution in [0.15, 0.2) is 73.1 Å². The zero-order valence-corrected chi connectivity index (χ0v) is 17.0. The Bertz CT molecular complexity index is 867. The smallest absolute Gasteiger partial charge is 0.171 e. The van der Waals surface area contributed by atoms with Gasteiger partial charge in [0.15, 0.2) is 12.4 Å². The van der Waals surface area contributed by atoms with Crippen molar-refractivity contribution in [1.82, 2.24) is 0 Å². The van der Waals surface area contributed by atoms with Crippen LogP contribution in [0.2, 0.25) is 0 Å². The predicted octanol–water partition coefficient (Wildman–Crippen LogP) is 2.09. The summed E-state index contributed by atoms with van der Waals surface area (Å²) in [5.74, 6) is 6.57. The maximum Gasteiger partial charge on any atom is 0.171 e. The second-order valence-corrected chi connectivity index (χ2v) is 6.48. The van der Waals surface area contributed by atoms with E-state index in [0.29, 0.717) is 0 Å². The highest BCUT2D eigenvalue weighted by Crippen LogP contribution is 2.18. The van der Waals surface area contributed by atoms with Gasteiger partial charge < -0.3 is 17.0 Å². The fourth-order valence-corrected chi connectivity index (χ4v) is 3.01. The van der Waals surface area contributed by atoms with Gasteiger partial charge >= 0.3 is 0 Å². The molecule has 3 rings (SSSR count). The molecule has 0 atom stereocenters. The van der Waals surface area contributed by atoms with E-state index in [-0.39, 0.29) is 17.0 Å². The number of benzene rings is 2. The van der Waals surface area contributed by atoms with Crippen molar-refractivity contribution in [2.45, 2.75) is 33.2 Å². The highest BCUT2D eigenvalue weighted by molar-refractivity contribution is 5.64. The summed E-state index contributed by atoms with van der Waals surface area (Å²) in [4.78, 5) is 0. The Balaban J connectivity index is 0.00000243. The molecule has 0 spiro atoms. The van der Waals surface area contributed by atoms with Gasteiger partial charge in [0.05, 0.1) is 0 Å². The number of halogens is 1. The van der Waals surface area contributed by atoms with E-state index in [1.165, 1.54) is 22.3 Å². The summed E-state index contributed by atoms with van der Waals surface area (Å²) in [6.07, 6.45) is 6.38. The maximum absolute atomic E-state index is 3.30. The first kappa shape index (κ1) is 19.9. The third-order valence-corrected chi connectivity index (χ3v) is 4.14. The molecule has 0 fully saturated rings. The van der Waals surface area contributed by atoms with Crippen molar-refractivity contribution in [2.75, 3.05) is 0 Å². The van der Waals surface area contributed by atoms with Crippen LogP contribution in [0.3, 0.4) is 0 Å². The Kier molecular flexibility index (Phi) is 7.63. The van der Waals surface area contributed by atoms with Gasteiger partial charge in [0, 0.05) is 29.5 Å². The van der Waals surface area contributed by atoms with E-state index >= 15 is 0 Å². The third kappa shape index (κ3) is 5.86. The van der Waals surface area contributed by atoms with Crippen LogP contribution >= 0.6 is 0 Å². The topological polar surface area (TPSA) is 3.88 Å². The van der Waals surface area contributed by atoms with Gasteiger partial charge in [-0.1, -0.05) is 54.3 Å². The number of pyridine rings is 1. The summed E-state index contributed by atoms with van der Waals surface area (Å²) in [5.41, 5.74) is 6.18. The summed E-state index contributed by atoms with van der Waals surface area (Å²) in [5, 5.41) is 0. The molecule has 0 aliphatic rings. The zero-order valence-electron chi connectivity index (χ0n) is 15.4. The standard InChI is InChI=1S/C24H24N.BrH/c1-20-17-21(2)19-25(18-20)16-8-4-5-9-22-12-14-24(15-13-22)23-10-6-3-7-11-23;/h3,6-7,10-15,17-19H,4,8,16H2,1-2H3;1H/q+1;/p-1. The maximum atomic E-state index is 3.30. The Labute approximate surface area is 167 Å². The van der Waals surface area contributed by atoms with Crippen LogP contribution in [0.4, 0.5) is 0 Å². The summed E-state index contributed by atoms with van der Waals surface area (Å²) < 4.78 is 2.26. The van der Waals surface area contributed by atoms with E-state index in [1.54, 1.807) is 0 Å². The van der Waals surface area contributed by atoms with Gasteiger partial charge in [0.2, 0.25) is 0 Å². The van der Waals surface area contributed by atoms with Gasteiger partial charge in [0.25, 0.3) is 0 Å². The molecule has 0 aliphatic carbocycles. The van der Waals surface area contributed by atoms with E-state index in [2.05, 4.69) is 97.2 Å². The minimum atomic E-state index is 0. The monoisotopic (exact) mass is 405 g/mol. The average molecular weight is 406 g/mol. The lowest BCUT2D eigenvalue weighted by Crippen LogP contribution is -3.00. The molecule has 0 unspecified atom stereocenters. The molecule has 0 saturated carbocycles. The van der Waals surface area contributed by atoms with Gasteiger partial charge in [-0.15, -0.1) is 0 Å². The molecule has 0 radical (unpaired) electrons. The van der Waals surface area contributed by atoms with Crippen molar-refractivity contribution in [3.8, 4) is 23.0 Å². The predicted molar refractivity (Wildman–Crippen MR) is 104 cm³/mol. The van der Waals surface area contributed by atoms with Crippen LogP contribution < -0.4 is 21.5 Å². The fraction of sp³-hybridized carbons (Fsp3) is 0.208. The first-order valence-corrected chi connectivity index (χ1v) is 8.82. The van der Waals surface area contributed by atoms with Gasteiger partial charge in [-0.3, -0.25) is 0 Å². The quantitative estimate of drug-likeness (QED) is 0.355. The highest BCUT2D eigenvalue weighted by Gasteiger charge is 2.01. The highest BCUT2D eigenvalue weighted by atomic mass is 79.9. The van der Waals surface area contributed by atoms with Crippen LogP contribution in [0.1, 0.15) is 29.5 Å². The summed E-state index contributed by atoms with van der Waals surface area (Å²) in [6.45, 7) is 5.30. The third-order valence-electron chi connectivity index (χ3n) is 4.14. The number of hydrogen-bond acceptors (Lipinski definition) is 0. The lowest BCUT2D eigenvalue weighted by Gasteiger charge is -2.00. The van der Waals surface area contributed by atoms with E-state index in [1.807, 2.05) is 6.07 Å². The summed E-state index contributed by atoms with van der Waals surface area (Å²) in [6, 6.07) is 21.1. The number of aryl methyl sites for hydroxylation is 3. The molecule has 1 heterocycles. The summed E-state index contributed by atoms with van der Waals surface area (Å²) in [7, 11) is 0. The van der Waals surface area contributed by atoms with Crippen molar-refractivity contribution >= 4 is 0 Å². The van der Waals surface area contributed by atoms with Crippen molar-refractivity contribution in [1.29, 1.82) is 0 Å². The SMILES string of the molecule is Cc1cc(C)c[n+](CCCC#Cc2ccc(-c3ccccc3)cc2)c1.[Br-]. The van der Waals surface area contributed by atoms with E-state index < -0.39 is 0 Å². The largest absolute Gasteiger partial charge is 1.00 e. The Morgan fingerprint density at radius 1 is 0.808 bits per heavy atom. The van der Waals surface area contributed by atoms with Crippen LogP contribution in [0.25, 0.3) is 11.1 Å². The normalized spacial score (nSPS) is 9.77. The fourth-order valence-electron chi connectivity index (χ4n) is 3.01. The Morgan fingerprint density at radius 3 is 2.08 bits per heavy atom. The number of hydrogen-bond donors (Lipinski definition) is 0.